The molecule has 4 aromatic rings. The molecule has 0 heterocycles. The highest BCUT2D eigenvalue weighted by Crippen LogP contribution is 2.07. The standard InChI is InChI=1S/2C14H10O3.H2O2/c2*15-13(11-7-3-1-4-8-11)17-14(16)12-9-5-2-6-10-12;1-2/h2*1-10H;1-2H. The van der Waals surface area contributed by atoms with Crippen LogP contribution < -0.4 is 0 Å². The molecule has 182 valence electrons. The molecule has 0 unspecified atom stereocenters. The van der Waals surface area contributed by atoms with Gasteiger partial charge < -0.3 is 9.47 Å². The van der Waals surface area contributed by atoms with Gasteiger partial charge in [-0.25, -0.2) is 19.2 Å². The SMILES string of the molecule is O=C(OC(=O)c1ccccc1)c1ccccc1.O=C(OC(=O)c1ccccc1)c1ccccc1.OO. The van der Waals surface area contributed by atoms with Gasteiger partial charge in [0.05, 0.1) is 22.3 Å². The summed E-state index contributed by atoms with van der Waals surface area (Å²) in [6, 6.07) is 33.6. The van der Waals surface area contributed by atoms with Crippen LogP contribution in [0.3, 0.4) is 0 Å². The van der Waals surface area contributed by atoms with Gasteiger partial charge in [-0.15, -0.1) is 0 Å². The van der Waals surface area contributed by atoms with Crippen molar-refractivity contribution in [3.05, 3.63) is 144 Å². The van der Waals surface area contributed by atoms with E-state index in [-0.39, 0.29) is 0 Å². The van der Waals surface area contributed by atoms with Crippen LogP contribution in [-0.4, -0.2) is 34.4 Å². The lowest BCUT2D eigenvalue weighted by atomic mass is 10.2. The van der Waals surface area contributed by atoms with E-state index in [1.807, 2.05) is 0 Å². The van der Waals surface area contributed by atoms with E-state index in [0.717, 1.165) is 0 Å². The smallest absolute Gasteiger partial charge is 0.346 e. The number of esters is 4. The second-order valence-corrected chi connectivity index (χ2v) is 6.82. The minimum absolute atomic E-state index is 0.358. The summed E-state index contributed by atoms with van der Waals surface area (Å²) in [5.41, 5.74) is 1.43. The van der Waals surface area contributed by atoms with Gasteiger partial charge in [0.15, 0.2) is 0 Å². The topological polar surface area (TPSA) is 127 Å². The summed E-state index contributed by atoms with van der Waals surface area (Å²) >= 11 is 0. The molecule has 8 heteroatoms. The first-order valence-corrected chi connectivity index (χ1v) is 10.5. The Kier molecular flexibility index (Phi) is 11.4. The van der Waals surface area contributed by atoms with E-state index >= 15 is 0 Å². The van der Waals surface area contributed by atoms with Crippen LogP contribution in [0, 0.1) is 0 Å². The Bertz CT molecular complexity index is 1040. The molecule has 0 radical (unpaired) electrons. The predicted molar refractivity (Wildman–Crippen MR) is 131 cm³/mol. The molecule has 0 amide bonds. The van der Waals surface area contributed by atoms with Crippen molar-refractivity contribution in [2.24, 2.45) is 0 Å². The Balaban J connectivity index is 0.000000237. The van der Waals surface area contributed by atoms with Crippen molar-refractivity contribution in [2.75, 3.05) is 0 Å². The highest BCUT2D eigenvalue weighted by Gasteiger charge is 2.14. The minimum atomic E-state index is -0.639. The lowest BCUT2D eigenvalue weighted by molar-refractivity contribution is -0.176. The average molecular weight is 486 g/mol. The molecule has 8 nitrogen and oxygen atoms in total. The fourth-order valence-electron chi connectivity index (χ4n) is 2.70. The van der Waals surface area contributed by atoms with Gasteiger partial charge in [0.25, 0.3) is 0 Å². The van der Waals surface area contributed by atoms with Gasteiger partial charge in [0.1, 0.15) is 0 Å². The first-order valence-electron chi connectivity index (χ1n) is 10.5. The third kappa shape index (κ3) is 8.79. The van der Waals surface area contributed by atoms with Crippen LogP contribution in [-0.2, 0) is 9.47 Å². The van der Waals surface area contributed by atoms with Crippen LogP contribution in [0.25, 0.3) is 0 Å². The zero-order valence-corrected chi connectivity index (χ0v) is 18.9. The lowest BCUT2D eigenvalue weighted by Gasteiger charge is -2.02. The summed E-state index contributed by atoms with van der Waals surface area (Å²) in [6.07, 6.45) is 0. The first-order chi connectivity index (χ1) is 17.5. The molecule has 0 aliphatic rings. The highest BCUT2D eigenvalue weighted by atomic mass is 17.0. The average Bonchev–Trinajstić information content (AvgIpc) is 2.96. The van der Waals surface area contributed by atoms with E-state index in [1.54, 1.807) is 121 Å². The van der Waals surface area contributed by atoms with E-state index in [4.69, 9.17) is 20.0 Å². The van der Waals surface area contributed by atoms with Crippen LogP contribution in [0.1, 0.15) is 41.4 Å². The van der Waals surface area contributed by atoms with Crippen LogP contribution in [0.15, 0.2) is 121 Å². The van der Waals surface area contributed by atoms with Crippen molar-refractivity contribution in [1.82, 2.24) is 0 Å². The monoisotopic (exact) mass is 486 g/mol. The quantitative estimate of drug-likeness (QED) is 0.170. The summed E-state index contributed by atoms with van der Waals surface area (Å²) in [5.74, 6) is -2.56. The zero-order chi connectivity index (χ0) is 26.2. The van der Waals surface area contributed by atoms with Crippen LogP contribution >= 0.6 is 0 Å². The maximum atomic E-state index is 11.6. The Labute approximate surface area is 206 Å². The summed E-state index contributed by atoms with van der Waals surface area (Å²) < 4.78 is 9.49. The number of carbonyl (C=O) groups is 4. The van der Waals surface area contributed by atoms with Crippen molar-refractivity contribution in [1.29, 1.82) is 0 Å². The second kappa shape index (κ2) is 15.1. The van der Waals surface area contributed by atoms with E-state index in [9.17, 15) is 19.2 Å². The van der Waals surface area contributed by atoms with Gasteiger partial charge in [-0.3, -0.25) is 10.5 Å². The van der Waals surface area contributed by atoms with E-state index < -0.39 is 23.9 Å². The fraction of sp³-hybridized carbons (Fsp3) is 0. The molecule has 0 aliphatic heterocycles. The molecule has 0 saturated heterocycles. The molecule has 36 heavy (non-hydrogen) atoms. The largest absolute Gasteiger partial charge is 0.386 e. The maximum absolute atomic E-state index is 11.6. The molecule has 4 aromatic carbocycles. The molecule has 0 atom stereocenters. The van der Waals surface area contributed by atoms with Crippen LogP contribution in [0.2, 0.25) is 0 Å². The van der Waals surface area contributed by atoms with Crippen molar-refractivity contribution in [3.63, 3.8) is 0 Å². The number of hydrogen-bond donors (Lipinski definition) is 2. The Morgan fingerprint density at radius 3 is 0.694 bits per heavy atom. The summed E-state index contributed by atoms with van der Waals surface area (Å²) in [7, 11) is 0. The van der Waals surface area contributed by atoms with Crippen molar-refractivity contribution < 1.29 is 39.2 Å². The maximum Gasteiger partial charge on any atom is 0.346 e. The van der Waals surface area contributed by atoms with Gasteiger partial charge >= 0.3 is 23.9 Å². The van der Waals surface area contributed by atoms with Gasteiger partial charge in [0.2, 0.25) is 0 Å². The summed E-state index contributed by atoms with van der Waals surface area (Å²) in [5, 5.41) is 12.0. The van der Waals surface area contributed by atoms with Gasteiger partial charge in [-0.1, -0.05) is 72.8 Å². The Morgan fingerprint density at radius 2 is 0.528 bits per heavy atom. The zero-order valence-electron chi connectivity index (χ0n) is 18.9. The minimum Gasteiger partial charge on any atom is -0.386 e. The third-order valence-electron chi connectivity index (χ3n) is 4.41. The normalized spacial score (nSPS) is 9.28. The summed E-state index contributed by atoms with van der Waals surface area (Å²) in [6.45, 7) is 0. The highest BCUT2D eigenvalue weighted by molar-refractivity contribution is 6.03. The van der Waals surface area contributed by atoms with E-state index in [2.05, 4.69) is 0 Å². The van der Waals surface area contributed by atoms with E-state index in [1.165, 1.54) is 0 Å². The van der Waals surface area contributed by atoms with Crippen molar-refractivity contribution in [3.8, 4) is 0 Å². The van der Waals surface area contributed by atoms with Crippen molar-refractivity contribution >= 4 is 23.9 Å². The number of rotatable bonds is 4. The van der Waals surface area contributed by atoms with Crippen LogP contribution in [0.5, 0.6) is 0 Å². The lowest BCUT2D eigenvalue weighted by Crippen LogP contribution is -2.12. The first kappa shape index (κ1) is 27.3. The molecule has 0 aromatic heterocycles. The van der Waals surface area contributed by atoms with Gasteiger partial charge in [-0.05, 0) is 48.5 Å². The number of hydrogen-bond acceptors (Lipinski definition) is 8. The Hall–Kier alpha value is -4.92. The Morgan fingerprint density at radius 1 is 0.361 bits per heavy atom. The molecule has 2 N–H and O–H groups in total. The predicted octanol–water partition coefficient (Wildman–Crippen LogP) is 5.39. The molecule has 0 aliphatic carbocycles. The molecule has 0 saturated carbocycles. The van der Waals surface area contributed by atoms with Gasteiger partial charge in [-0.2, -0.15) is 0 Å². The molecule has 0 fully saturated rings. The van der Waals surface area contributed by atoms with Crippen molar-refractivity contribution in [2.45, 2.75) is 0 Å². The summed E-state index contributed by atoms with van der Waals surface area (Å²) in [4.78, 5) is 46.3. The number of carbonyl (C=O) groups excluding carboxylic acids is 4. The van der Waals surface area contributed by atoms with Crippen LogP contribution in [0.4, 0.5) is 0 Å². The molecule has 0 bridgehead atoms. The molecule has 4 rings (SSSR count). The molecule has 0 spiro atoms. The number of ether oxygens (including phenoxy) is 2. The van der Waals surface area contributed by atoms with Gasteiger partial charge in [0, 0.05) is 0 Å². The van der Waals surface area contributed by atoms with E-state index in [0.29, 0.717) is 22.3 Å². The third-order valence-corrected chi connectivity index (χ3v) is 4.41. The fourth-order valence-corrected chi connectivity index (χ4v) is 2.70. The number of benzene rings is 4. The molecular formula is C28H22O8. The second-order valence-electron chi connectivity index (χ2n) is 6.82. The molecular weight excluding hydrogens is 464 g/mol.